The third-order valence-electron chi connectivity index (χ3n) is 4.83. The van der Waals surface area contributed by atoms with Crippen LogP contribution in [0.25, 0.3) is 10.2 Å². The fourth-order valence-electron chi connectivity index (χ4n) is 3.43. The fraction of sp³-hybridized carbons (Fsp3) is 0.467. The highest BCUT2D eigenvalue weighted by molar-refractivity contribution is 7.17. The third kappa shape index (κ3) is 2.10. The van der Waals surface area contributed by atoms with Gasteiger partial charge in [-0.2, -0.15) is 0 Å². The number of nitrogens with one attached hydrogen (secondary N) is 2. The molecule has 21 heavy (non-hydrogen) atoms. The van der Waals surface area contributed by atoms with E-state index in [1.165, 1.54) is 11.3 Å². The number of hydrogen-bond donors (Lipinski definition) is 2. The van der Waals surface area contributed by atoms with E-state index in [0.717, 1.165) is 44.4 Å². The number of amides is 1. The molecule has 0 saturated carbocycles. The Kier molecular flexibility index (Phi) is 2.90. The van der Waals surface area contributed by atoms with Gasteiger partial charge in [-0.25, -0.2) is 0 Å². The molecule has 6 heteroatoms. The number of nitrogens with zero attached hydrogens (tertiary/aromatic N) is 1. The van der Waals surface area contributed by atoms with E-state index < -0.39 is 0 Å². The minimum atomic E-state index is -0.234. The van der Waals surface area contributed by atoms with Crippen molar-refractivity contribution >= 4 is 27.5 Å². The SMILES string of the molecule is O=C(NC12CCN(CC1)CC2)c1c[nH]c2ccsc2c1=O. The molecule has 0 aromatic carbocycles. The molecule has 5 rings (SSSR count). The summed E-state index contributed by atoms with van der Waals surface area (Å²) >= 11 is 1.37. The lowest BCUT2D eigenvalue weighted by Gasteiger charge is -2.48. The van der Waals surface area contributed by atoms with E-state index in [-0.39, 0.29) is 22.4 Å². The highest BCUT2D eigenvalue weighted by atomic mass is 32.1. The van der Waals surface area contributed by atoms with E-state index in [9.17, 15) is 9.59 Å². The predicted octanol–water partition coefficient (Wildman–Crippen LogP) is 1.56. The first-order valence-electron chi connectivity index (χ1n) is 7.31. The summed E-state index contributed by atoms with van der Waals surface area (Å²) in [4.78, 5) is 30.4. The molecular formula is C15H17N3O2S. The lowest BCUT2D eigenvalue weighted by atomic mass is 9.80. The lowest BCUT2D eigenvalue weighted by Crippen LogP contribution is -2.61. The van der Waals surface area contributed by atoms with E-state index in [4.69, 9.17) is 0 Å². The van der Waals surface area contributed by atoms with Gasteiger partial charge in [0.1, 0.15) is 5.56 Å². The Morgan fingerprint density at radius 3 is 2.71 bits per heavy atom. The van der Waals surface area contributed by atoms with Crippen LogP contribution in [0.2, 0.25) is 0 Å². The molecule has 3 aliphatic rings. The average molecular weight is 303 g/mol. The second-order valence-corrected chi connectivity index (χ2v) is 6.94. The van der Waals surface area contributed by atoms with Crippen molar-refractivity contribution in [1.29, 1.82) is 0 Å². The first-order valence-corrected chi connectivity index (χ1v) is 8.19. The summed E-state index contributed by atoms with van der Waals surface area (Å²) in [6, 6.07) is 1.86. The first kappa shape index (κ1) is 13.0. The molecule has 1 amide bonds. The molecule has 2 N–H and O–H groups in total. The monoisotopic (exact) mass is 303 g/mol. The van der Waals surface area contributed by atoms with Gasteiger partial charge in [0.05, 0.1) is 10.2 Å². The van der Waals surface area contributed by atoms with Crippen molar-refractivity contribution in [2.45, 2.75) is 24.8 Å². The van der Waals surface area contributed by atoms with E-state index in [2.05, 4.69) is 15.2 Å². The van der Waals surface area contributed by atoms with Gasteiger partial charge >= 0.3 is 0 Å². The summed E-state index contributed by atoms with van der Waals surface area (Å²) in [5, 5.41) is 5.01. The van der Waals surface area contributed by atoms with E-state index in [1.807, 2.05) is 11.4 Å². The summed E-state index contributed by atoms with van der Waals surface area (Å²) in [7, 11) is 0. The zero-order valence-electron chi connectivity index (χ0n) is 11.6. The highest BCUT2D eigenvalue weighted by Gasteiger charge is 2.40. The number of piperidine rings is 3. The van der Waals surface area contributed by atoms with Crippen LogP contribution in [0.15, 0.2) is 22.4 Å². The second-order valence-electron chi connectivity index (χ2n) is 6.02. The number of carbonyl (C=O) groups is 1. The molecule has 3 saturated heterocycles. The molecule has 5 heterocycles. The van der Waals surface area contributed by atoms with Gasteiger partial charge in [0, 0.05) is 31.4 Å². The number of fused-ring (bicyclic) bond motifs is 4. The maximum atomic E-state index is 12.5. The van der Waals surface area contributed by atoms with Gasteiger partial charge in [-0.1, -0.05) is 0 Å². The van der Waals surface area contributed by atoms with Crippen LogP contribution in [0.3, 0.4) is 0 Å². The second kappa shape index (κ2) is 4.68. The van der Waals surface area contributed by atoms with Crippen molar-refractivity contribution in [2.75, 3.05) is 19.6 Å². The van der Waals surface area contributed by atoms with Crippen LogP contribution in [0.5, 0.6) is 0 Å². The van der Waals surface area contributed by atoms with Crippen LogP contribution in [-0.4, -0.2) is 41.0 Å². The lowest BCUT2D eigenvalue weighted by molar-refractivity contribution is 0.0515. The van der Waals surface area contributed by atoms with Gasteiger partial charge in [0.25, 0.3) is 5.91 Å². The minimum absolute atomic E-state index is 0.108. The molecule has 5 nitrogen and oxygen atoms in total. The van der Waals surface area contributed by atoms with E-state index in [0.29, 0.717) is 4.70 Å². The molecule has 3 fully saturated rings. The molecular weight excluding hydrogens is 286 g/mol. The normalized spacial score (nSPS) is 27.9. The standard InChI is InChI=1S/C15H17N3O2S/c19-12-10(9-16-11-1-8-21-13(11)12)14(20)17-15-2-5-18(6-3-15)7-4-15/h1,8-9H,2-7H2,(H,16,19)(H,17,20). The number of thiophene rings is 1. The van der Waals surface area contributed by atoms with E-state index >= 15 is 0 Å². The largest absolute Gasteiger partial charge is 0.359 e. The molecule has 110 valence electrons. The van der Waals surface area contributed by atoms with Gasteiger partial charge < -0.3 is 15.2 Å². The van der Waals surface area contributed by atoms with Gasteiger partial charge in [-0.05, 0) is 30.7 Å². The number of carbonyl (C=O) groups excluding carboxylic acids is 1. The molecule has 0 aliphatic carbocycles. The smallest absolute Gasteiger partial charge is 0.257 e. The molecule has 2 aromatic heterocycles. The molecule has 0 radical (unpaired) electrons. The van der Waals surface area contributed by atoms with Crippen LogP contribution in [0.4, 0.5) is 0 Å². The average Bonchev–Trinajstić information content (AvgIpc) is 2.98. The quantitative estimate of drug-likeness (QED) is 0.885. The van der Waals surface area contributed by atoms with Crippen molar-refractivity contribution in [3.8, 4) is 0 Å². The van der Waals surface area contributed by atoms with Crippen LogP contribution in [0.1, 0.15) is 29.6 Å². The van der Waals surface area contributed by atoms with Gasteiger partial charge in [-0.15, -0.1) is 11.3 Å². The van der Waals surface area contributed by atoms with Crippen molar-refractivity contribution in [2.24, 2.45) is 0 Å². The molecule has 2 aromatic rings. The zero-order valence-corrected chi connectivity index (χ0v) is 12.5. The number of H-pyrrole nitrogens is 1. The Morgan fingerprint density at radius 2 is 2.00 bits per heavy atom. The van der Waals surface area contributed by atoms with Crippen molar-refractivity contribution in [3.05, 3.63) is 33.4 Å². The molecule has 0 unspecified atom stereocenters. The first-order chi connectivity index (χ1) is 10.2. The van der Waals surface area contributed by atoms with Crippen molar-refractivity contribution in [3.63, 3.8) is 0 Å². The van der Waals surface area contributed by atoms with Crippen LogP contribution >= 0.6 is 11.3 Å². The van der Waals surface area contributed by atoms with Crippen LogP contribution in [0, 0.1) is 0 Å². The van der Waals surface area contributed by atoms with Crippen molar-refractivity contribution in [1.82, 2.24) is 15.2 Å². The number of aromatic amines is 1. The van der Waals surface area contributed by atoms with Crippen LogP contribution < -0.4 is 10.7 Å². The maximum absolute atomic E-state index is 12.5. The summed E-state index contributed by atoms with van der Waals surface area (Å²) in [5.74, 6) is -0.234. The summed E-state index contributed by atoms with van der Waals surface area (Å²) in [6.45, 7) is 3.13. The minimum Gasteiger partial charge on any atom is -0.359 e. The maximum Gasteiger partial charge on any atom is 0.257 e. The Labute approximate surface area is 126 Å². The molecule has 0 spiro atoms. The van der Waals surface area contributed by atoms with Gasteiger partial charge in [0.15, 0.2) is 0 Å². The number of aromatic nitrogens is 1. The summed E-state index contributed by atoms with van der Waals surface area (Å²) in [6.07, 6.45) is 4.50. The van der Waals surface area contributed by atoms with Crippen LogP contribution in [-0.2, 0) is 0 Å². The zero-order chi connectivity index (χ0) is 14.4. The predicted molar refractivity (Wildman–Crippen MR) is 82.9 cm³/mol. The third-order valence-corrected chi connectivity index (χ3v) is 5.74. The van der Waals surface area contributed by atoms with Crippen molar-refractivity contribution < 1.29 is 4.79 Å². The van der Waals surface area contributed by atoms with Gasteiger partial charge in [0.2, 0.25) is 5.43 Å². The number of pyridine rings is 1. The Bertz CT molecular complexity index is 742. The summed E-state index contributed by atoms with van der Waals surface area (Å²) in [5.41, 5.74) is 0.752. The topological polar surface area (TPSA) is 65.2 Å². The molecule has 0 atom stereocenters. The highest BCUT2D eigenvalue weighted by Crippen LogP contribution is 2.31. The van der Waals surface area contributed by atoms with Gasteiger partial charge in [-0.3, -0.25) is 9.59 Å². The Hall–Kier alpha value is -1.66. The molecule has 2 bridgehead atoms. The number of rotatable bonds is 2. The number of hydrogen-bond acceptors (Lipinski definition) is 4. The molecule has 3 aliphatic heterocycles. The Morgan fingerprint density at radius 1 is 1.29 bits per heavy atom. The van der Waals surface area contributed by atoms with E-state index in [1.54, 1.807) is 6.20 Å². The summed E-state index contributed by atoms with van der Waals surface area (Å²) < 4.78 is 0.624. The fourth-order valence-corrected chi connectivity index (χ4v) is 4.24. The Balaban J connectivity index is 1.64.